The molecule has 3 atom stereocenters. The van der Waals surface area contributed by atoms with E-state index >= 15 is 0 Å². The molecule has 0 bridgehead atoms. The fraction of sp³-hybridized carbons (Fsp3) is 0.438. The van der Waals surface area contributed by atoms with E-state index in [1.165, 1.54) is 6.08 Å². The van der Waals surface area contributed by atoms with Gasteiger partial charge in [-0.2, -0.15) is 4.99 Å². The van der Waals surface area contributed by atoms with Crippen molar-refractivity contribution in [1.82, 2.24) is 0 Å². The number of carbonyl (C=O) groups is 2. The second-order valence-electron chi connectivity index (χ2n) is 5.41. The Morgan fingerprint density at radius 1 is 1.18 bits per heavy atom. The molecule has 6 heteroatoms. The van der Waals surface area contributed by atoms with Crippen LogP contribution in [0.2, 0.25) is 0 Å². The van der Waals surface area contributed by atoms with Crippen LogP contribution in [0.4, 0.5) is 0 Å². The molecule has 0 radical (unpaired) electrons. The number of nitrogens with zero attached hydrogens (tertiary/aromatic N) is 1. The minimum Gasteiger partial charge on any atom is -0.481 e. The zero-order valence-corrected chi connectivity index (χ0v) is 13.5. The molecule has 0 heterocycles. The Labute approximate surface area is 136 Å². The first-order valence-corrected chi connectivity index (χ1v) is 7.93. The number of hydrogen-bond acceptors (Lipinski definition) is 4. The van der Waals surface area contributed by atoms with Crippen molar-refractivity contribution in [2.24, 2.45) is 16.8 Å². The van der Waals surface area contributed by atoms with E-state index in [9.17, 15) is 19.5 Å². The van der Waals surface area contributed by atoms with Gasteiger partial charge in [0.15, 0.2) is 5.78 Å². The number of Topliss-reactive ketones (excluding diaryl/α,β-unsaturated/α-hetero) is 1. The monoisotopic (exact) mass is 365 g/mol. The summed E-state index contributed by atoms with van der Waals surface area (Å²) in [6, 6.07) is 5.94. The molecule has 116 valence electrons. The molecule has 1 aliphatic carbocycles. The summed E-state index contributed by atoms with van der Waals surface area (Å²) in [6.45, 7) is 0. The minimum absolute atomic E-state index is 0.308. The predicted molar refractivity (Wildman–Crippen MR) is 83.1 cm³/mol. The molecule has 1 aromatic carbocycles. The number of aliphatic imine (C=N–C) groups is 1. The van der Waals surface area contributed by atoms with Crippen molar-refractivity contribution >= 4 is 33.8 Å². The van der Waals surface area contributed by atoms with E-state index in [0.29, 0.717) is 18.4 Å². The van der Waals surface area contributed by atoms with Crippen molar-refractivity contribution in [3.05, 3.63) is 34.3 Å². The largest absolute Gasteiger partial charge is 0.481 e. The van der Waals surface area contributed by atoms with E-state index in [1.54, 1.807) is 24.3 Å². The fourth-order valence-corrected chi connectivity index (χ4v) is 3.23. The topological polar surface area (TPSA) is 83.8 Å². The molecule has 5 nitrogen and oxygen atoms in total. The van der Waals surface area contributed by atoms with Gasteiger partial charge in [-0.3, -0.25) is 9.59 Å². The summed E-state index contributed by atoms with van der Waals surface area (Å²) in [6.07, 6.45) is 4.08. The second kappa shape index (κ2) is 7.47. The summed E-state index contributed by atoms with van der Waals surface area (Å²) < 4.78 is 0.846. The molecule has 1 aromatic rings. The Morgan fingerprint density at radius 2 is 1.77 bits per heavy atom. The number of hydrogen-bond donors (Lipinski definition) is 1. The van der Waals surface area contributed by atoms with Gasteiger partial charge in [0.1, 0.15) is 6.04 Å². The lowest BCUT2D eigenvalue weighted by molar-refractivity contribution is -0.148. The van der Waals surface area contributed by atoms with E-state index < -0.39 is 23.8 Å². The number of aliphatic carboxylic acids is 1. The Hall–Kier alpha value is -1.78. The highest BCUT2D eigenvalue weighted by Gasteiger charge is 2.39. The van der Waals surface area contributed by atoms with Crippen molar-refractivity contribution in [3.63, 3.8) is 0 Å². The number of carbonyl (C=O) groups excluding carboxylic acids is 2. The van der Waals surface area contributed by atoms with Gasteiger partial charge in [0.2, 0.25) is 6.08 Å². The Balaban J connectivity index is 2.31. The SMILES string of the molecule is O=C=NC(C(=O)C1CCCCC1C(=O)O)c1ccc(Br)cc1. The van der Waals surface area contributed by atoms with Crippen molar-refractivity contribution < 1.29 is 19.5 Å². The second-order valence-corrected chi connectivity index (χ2v) is 6.33. The van der Waals surface area contributed by atoms with Gasteiger partial charge in [-0.15, -0.1) is 0 Å². The first-order chi connectivity index (χ1) is 10.5. The fourth-order valence-electron chi connectivity index (χ4n) is 2.97. The number of ketones is 1. The minimum atomic E-state index is -0.976. The van der Waals surface area contributed by atoms with Crippen molar-refractivity contribution in [2.75, 3.05) is 0 Å². The number of carboxylic acids is 1. The molecule has 0 saturated heterocycles. The van der Waals surface area contributed by atoms with Gasteiger partial charge < -0.3 is 5.11 Å². The van der Waals surface area contributed by atoms with Crippen LogP contribution in [0.3, 0.4) is 0 Å². The maximum atomic E-state index is 12.7. The van der Waals surface area contributed by atoms with Gasteiger partial charge in [0.05, 0.1) is 5.92 Å². The zero-order valence-electron chi connectivity index (χ0n) is 11.9. The van der Waals surface area contributed by atoms with Gasteiger partial charge in [0, 0.05) is 10.4 Å². The molecular formula is C16H16BrNO4. The maximum absolute atomic E-state index is 12.7. The average Bonchev–Trinajstić information content (AvgIpc) is 2.53. The van der Waals surface area contributed by atoms with Crippen molar-refractivity contribution in [2.45, 2.75) is 31.7 Å². The van der Waals surface area contributed by atoms with Crippen LogP contribution in [-0.4, -0.2) is 22.9 Å². The van der Waals surface area contributed by atoms with Crippen LogP contribution < -0.4 is 0 Å². The third-order valence-corrected chi connectivity index (χ3v) is 4.61. The van der Waals surface area contributed by atoms with Crippen LogP contribution in [0, 0.1) is 11.8 Å². The average molecular weight is 366 g/mol. The standard InChI is InChI=1S/C16H16BrNO4/c17-11-7-5-10(6-8-11)14(18-9-19)15(20)12-3-1-2-4-13(12)16(21)22/h5-8,12-14H,1-4H2,(H,21,22). The quantitative estimate of drug-likeness (QED) is 0.640. The molecule has 22 heavy (non-hydrogen) atoms. The molecule has 1 aliphatic rings. The van der Waals surface area contributed by atoms with Crippen LogP contribution in [0.15, 0.2) is 33.7 Å². The summed E-state index contributed by atoms with van der Waals surface area (Å²) >= 11 is 3.31. The summed E-state index contributed by atoms with van der Waals surface area (Å²) in [5.41, 5.74) is 0.575. The van der Waals surface area contributed by atoms with E-state index in [4.69, 9.17) is 0 Å². The summed E-state index contributed by atoms with van der Waals surface area (Å²) in [5.74, 6) is -2.56. The lowest BCUT2D eigenvalue weighted by Crippen LogP contribution is -2.35. The van der Waals surface area contributed by atoms with Crippen molar-refractivity contribution in [3.8, 4) is 0 Å². The van der Waals surface area contributed by atoms with Gasteiger partial charge in [-0.1, -0.05) is 40.9 Å². The van der Waals surface area contributed by atoms with Crippen LogP contribution in [-0.2, 0) is 14.4 Å². The summed E-state index contributed by atoms with van der Waals surface area (Å²) in [7, 11) is 0. The summed E-state index contributed by atoms with van der Waals surface area (Å²) in [4.78, 5) is 38.4. The molecule has 1 N–H and O–H groups in total. The number of rotatable bonds is 5. The smallest absolute Gasteiger partial charge is 0.307 e. The lowest BCUT2D eigenvalue weighted by atomic mass is 9.74. The van der Waals surface area contributed by atoms with Crippen LogP contribution in [0.1, 0.15) is 37.3 Å². The Morgan fingerprint density at radius 3 is 2.32 bits per heavy atom. The third-order valence-electron chi connectivity index (χ3n) is 4.09. The van der Waals surface area contributed by atoms with Gasteiger partial charge >= 0.3 is 5.97 Å². The van der Waals surface area contributed by atoms with Crippen molar-refractivity contribution in [1.29, 1.82) is 0 Å². The Kier molecular flexibility index (Phi) is 5.63. The highest BCUT2D eigenvalue weighted by atomic mass is 79.9. The number of isocyanates is 1. The summed E-state index contributed by atoms with van der Waals surface area (Å²) in [5, 5.41) is 9.31. The number of carboxylic acid groups (broad SMARTS) is 1. The first-order valence-electron chi connectivity index (χ1n) is 7.13. The molecule has 3 unspecified atom stereocenters. The molecular weight excluding hydrogens is 350 g/mol. The highest BCUT2D eigenvalue weighted by molar-refractivity contribution is 9.10. The normalized spacial score (nSPS) is 22.4. The molecule has 1 saturated carbocycles. The molecule has 2 rings (SSSR count). The predicted octanol–water partition coefficient (Wildman–Crippen LogP) is 3.29. The molecule has 1 fully saturated rings. The molecule has 0 spiro atoms. The molecule has 0 aromatic heterocycles. The number of halogens is 1. The van der Waals surface area contributed by atoms with E-state index in [-0.39, 0.29) is 5.78 Å². The number of benzene rings is 1. The van der Waals surface area contributed by atoms with Gasteiger partial charge in [0.25, 0.3) is 0 Å². The van der Waals surface area contributed by atoms with E-state index in [2.05, 4.69) is 20.9 Å². The maximum Gasteiger partial charge on any atom is 0.307 e. The van der Waals surface area contributed by atoms with Gasteiger partial charge in [-0.05, 0) is 30.5 Å². The molecule has 0 aliphatic heterocycles. The molecule has 0 amide bonds. The van der Waals surface area contributed by atoms with Crippen LogP contribution in [0.25, 0.3) is 0 Å². The highest BCUT2D eigenvalue weighted by Crippen LogP contribution is 2.35. The van der Waals surface area contributed by atoms with Crippen LogP contribution in [0.5, 0.6) is 0 Å². The van der Waals surface area contributed by atoms with Gasteiger partial charge in [-0.25, -0.2) is 4.79 Å². The first kappa shape index (κ1) is 16.6. The third kappa shape index (κ3) is 3.70. The lowest BCUT2D eigenvalue weighted by Gasteiger charge is -2.29. The van der Waals surface area contributed by atoms with E-state index in [1.807, 2.05) is 0 Å². The van der Waals surface area contributed by atoms with E-state index in [0.717, 1.165) is 17.3 Å². The Bertz CT molecular complexity index is 607. The zero-order chi connectivity index (χ0) is 16.1. The van der Waals surface area contributed by atoms with Crippen LogP contribution >= 0.6 is 15.9 Å².